The molecule has 2 aromatic rings. The van der Waals surface area contributed by atoms with E-state index in [1.165, 1.54) is 24.6 Å². The number of aryl methyl sites for hydroxylation is 1. The predicted molar refractivity (Wildman–Crippen MR) is 93.1 cm³/mol. The maximum absolute atomic E-state index is 13.8. The van der Waals surface area contributed by atoms with Crippen LogP contribution in [-0.4, -0.2) is 24.2 Å². The lowest BCUT2D eigenvalue weighted by Crippen LogP contribution is -2.18. The van der Waals surface area contributed by atoms with Gasteiger partial charge in [-0.3, -0.25) is 4.79 Å². The van der Waals surface area contributed by atoms with Crippen LogP contribution < -0.4 is 4.90 Å². The summed E-state index contributed by atoms with van der Waals surface area (Å²) in [4.78, 5) is 14.0. The van der Waals surface area contributed by atoms with E-state index in [4.69, 9.17) is 0 Å². The standard InChI is InChI=1S/C20H22FNO2/c1-14-4-7-16(13-19(14)21)18(20(23)24)12-15-5-8-17(9-6-15)22-10-2-3-11-22/h4-9,13,18H,2-3,10-12H2,1H3,(H,23,24). The van der Waals surface area contributed by atoms with Crippen LogP contribution in [0.15, 0.2) is 42.5 Å². The van der Waals surface area contributed by atoms with E-state index in [2.05, 4.69) is 17.0 Å². The van der Waals surface area contributed by atoms with Gasteiger partial charge in [-0.05, 0) is 61.1 Å². The van der Waals surface area contributed by atoms with Gasteiger partial charge in [0, 0.05) is 18.8 Å². The fourth-order valence-corrected chi connectivity index (χ4v) is 3.23. The number of hydrogen-bond donors (Lipinski definition) is 1. The molecule has 0 amide bonds. The molecule has 0 aliphatic carbocycles. The van der Waals surface area contributed by atoms with Crippen molar-refractivity contribution in [2.24, 2.45) is 0 Å². The van der Waals surface area contributed by atoms with Gasteiger partial charge < -0.3 is 10.0 Å². The third-order valence-electron chi connectivity index (χ3n) is 4.74. The predicted octanol–water partition coefficient (Wildman–Crippen LogP) is 4.15. The Morgan fingerprint density at radius 1 is 1.17 bits per heavy atom. The maximum Gasteiger partial charge on any atom is 0.311 e. The Morgan fingerprint density at radius 3 is 2.42 bits per heavy atom. The van der Waals surface area contributed by atoms with E-state index in [1.54, 1.807) is 19.1 Å². The van der Waals surface area contributed by atoms with Crippen LogP contribution in [0.4, 0.5) is 10.1 Å². The first-order valence-corrected chi connectivity index (χ1v) is 8.37. The van der Waals surface area contributed by atoms with Gasteiger partial charge in [0.05, 0.1) is 5.92 Å². The molecular weight excluding hydrogens is 305 g/mol. The van der Waals surface area contributed by atoms with E-state index < -0.39 is 11.9 Å². The summed E-state index contributed by atoms with van der Waals surface area (Å²) in [7, 11) is 0. The summed E-state index contributed by atoms with van der Waals surface area (Å²) in [5.41, 5.74) is 3.17. The van der Waals surface area contributed by atoms with Gasteiger partial charge in [-0.1, -0.05) is 24.3 Å². The number of rotatable bonds is 5. The van der Waals surface area contributed by atoms with Crippen molar-refractivity contribution >= 4 is 11.7 Å². The number of carbonyl (C=O) groups is 1. The molecule has 1 fully saturated rings. The highest BCUT2D eigenvalue weighted by molar-refractivity contribution is 5.76. The molecule has 2 aromatic carbocycles. The second-order valence-electron chi connectivity index (χ2n) is 6.46. The second-order valence-corrected chi connectivity index (χ2v) is 6.46. The van der Waals surface area contributed by atoms with Crippen molar-refractivity contribution in [2.75, 3.05) is 18.0 Å². The lowest BCUT2D eigenvalue weighted by molar-refractivity contribution is -0.138. The number of anilines is 1. The zero-order valence-corrected chi connectivity index (χ0v) is 13.8. The van der Waals surface area contributed by atoms with Crippen LogP contribution >= 0.6 is 0 Å². The van der Waals surface area contributed by atoms with Crippen LogP contribution in [0.5, 0.6) is 0 Å². The van der Waals surface area contributed by atoms with Crippen LogP contribution in [-0.2, 0) is 11.2 Å². The average Bonchev–Trinajstić information content (AvgIpc) is 3.10. The Labute approximate surface area is 141 Å². The molecule has 1 saturated heterocycles. The molecule has 1 unspecified atom stereocenters. The lowest BCUT2D eigenvalue weighted by Gasteiger charge is -2.18. The molecule has 0 saturated carbocycles. The van der Waals surface area contributed by atoms with Gasteiger partial charge in [0.25, 0.3) is 0 Å². The van der Waals surface area contributed by atoms with Crippen molar-refractivity contribution in [3.63, 3.8) is 0 Å². The Hall–Kier alpha value is -2.36. The molecule has 1 heterocycles. The molecule has 0 aromatic heterocycles. The minimum Gasteiger partial charge on any atom is -0.481 e. The monoisotopic (exact) mass is 327 g/mol. The number of carboxylic acid groups (broad SMARTS) is 1. The fraction of sp³-hybridized carbons (Fsp3) is 0.350. The minimum absolute atomic E-state index is 0.358. The van der Waals surface area contributed by atoms with Gasteiger partial charge in [-0.15, -0.1) is 0 Å². The van der Waals surface area contributed by atoms with Crippen molar-refractivity contribution in [1.82, 2.24) is 0 Å². The van der Waals surface area contributed by atoms with Crippen molar-refractivity contribution in [2.45, 2.75) is 32.1 Å². The topological polar surface area (TPSA) is 40.5 Å². The first kappa shape index (κ1) is 16.5. The third-order valence-corrected chi connectivity index (χ3v) is 4.74. The number of halogens is 1. The summed E-state index contributed by atoms with van der Waals surface area (Å²) in [6.07, 6.45) is 2.81. The van der Waals surface area contributed by atoms with Crippen molar-refractivity contribution in [1.29, 1.82) is 0 Å². The lowest BCUT2D eigenvalue weighted by atomic mass is 9.91. The summed E-state index contributed by atoms with van der Waals surface area (Å²) in [5, 5.41) is 9.54. The van der Waals surface area contributed by atoms with Crippen molar-refractivity contribution < 1.29 is 14.3 Å². The van der Waals surface area contributed by atoms with Gasteiger partial charge in [0.2, 0.25) is 0 Å². The first-order valence-electron chi connectivity index (χ1n) is 8.37. The molecule has 0 spiro atoms. The van der Waals surface area contributed by atoms with Gasteiger partial charge >= 0.3 is 5.97 Å². The quantitative estimate of drug-likeness (QED) is 0.897. The van der Waals surface area contributed by atoms with Crippen LogP contribution in [0, 0.1) is 12.7 Å². The number of aliphatic carboxylic acids is 1. The van der Waals surface area contributed by atoms with E-state index in [9.17, 15) is 14.3 Å². The molecule has 3 rings (SSSR count). The maximum atomic E-state index is 13.8. The summed E-state index contributed by atoms with van der Waals surface area (Å²) in [6.45, 7) is 3.84. The highest BCUT2D eigenvalue weighted by atomic mass is 19.1. The highest BCUT2D eigenvalue weighted by Gasteiger charge is 2.21. The number of hydrogen-bond acceptors (Lipinski definition) is 2. The Bertz CT molecular complexity index is 721. The summed E-state index contributed by atoms with van der Waals surface area (Å²) in [5.74, 6) is -2.03. The summed E-state index contributed by atoms with van der Waals surface area (Å²) in [6, 6.07) is 12.7. The first-order chi connectivity index (χ1) is 11.5. The second kappa shape index (κ2) is 7.04. The smallest absolute Gasteiger partial charge is 0.311 e. The molecule has 1 aliphatic rings. The summed E-state index contributed by atoms with van der Waals surface area (Å²) < 4.78 is 13.8. The third kappa shape index (κ3) is 3.58. The molecular formula is C20H22FNO2. The Balaban J connectivity index is 1.78. The van der Waals surface area contributed by atoms with E-state index in [0.717, 1.165) is 18.7 Å². The molecule has 0 bridgehead atoms. The zero-order valence-electron chi connectivity index (χ0n) is 13.8. The molecule has 1 aliphatic heterocycles. The Kier molecular flexibility index (Phi) is 4.84. The molecule has 0 radical (unpaired) electrons. The SMILES string of the molecule is Cc1ccc(C(Cc2ccc(N3CCCC3)cc2)C(=O)O)cc1F. The van der Waals surface area contributed by atoms with E-state index >= 15 is 0 Å². The van der Waals surface area contributed by atoms with Crippen molar-refractivity contribution in [3.8, 4) is 0 Å². The molecule has 1 N–H and O–H groups in total. The van der Waals surface area contributed by atoms with Gasteiger partial charge in [0.15, 0.2) is 0 Å². The largest absolute Gasteiger partial charge is 0.481 e. The number of benzene rings is 2. The van der Waals surface area contributed by atoms with Gasteiger partial charge in [-0.25, -0.2) is 4.39 Å². The van der Waals surface area contributed by atoms with Crippen LogP contribution in [0.2, 0.25) is 0 Å². The van der Waals surface area contributed by atoms with E-state index in [1.807, 2.05) is 12.1 Å². The Morgan fingerprint density at radius 2 is 1.83 bits per heavy atom. The van der Waals surface area contributed by atoms with E-state index in [-0.39, 0.29) is 5.82 Å². The highest BCUT2D eigenvalue weighted by Crippen LogP contribution is 2.26. The van der Waals surface area contributed by atoms with Crippen LogP contribution in [0.3, 0.4) is 0 Å². The summed E-state index contributed by atoms with van der Waals surface area (Å²) >= 11 is 0. The minimum atomic E-state index is -0.929. The molecule has 1 atom stereocenters. The van der Waals surface area contributed by atoms with Gasteiger partial charge in [0.1, 0.15) is 5.82 Å². The van der Waals surface area contributed by atoms with Crippen molar-refractivity contribution in [3.05, 3.63) is 65.0 Å². The molecule has 4 heteroatoms. The molecule has 126 valence electrons. The van der Waals surface area contributed by atoms with Gasteiger partial charge in [-0.2, -0.15) is 0 Å². The molecule has 3 nitrogen and oxygen atoms in total. The average molecular weight is 327 g/mol. The number of nitrogens with zero attached hydrogens (tertiary/aromatic N) is 1. The zero-order chi connectivity index (χ0) is 17.1. The molecule has 24 heavy (non-hydrogen) atoms. The fourth-order valence-electron chi connectivity index (χ4n) is 3.23. The number of carboxylic acids is 1. The van der Waals surface area contributed by atoms with Crippen LogP contribution in [0.25, 0.3) is 0 Å². The normalized spacial score (nSPS) is 15.5. The van der Waals surface area contributed by atoms with E-state index in [0.29, 0.717) is 17.5 Å². The van der Waals surface area contributed by atoms with Crippen LogP contribution in [0.1, 0.15) is 35.4 Å².